The molecule has 0 atom stereocenters. The maximum Gasteiger partial charge on any atom is 0.251 e. The van der Waals surface area contributed by atoms with Crippen molar-refractivity contribution >= 4 is 32.8 Å². The van der Waals surface area contributed by atoms with E-state index in [1.54, 1.807) is 48.5 Å². The standard InChI is InChI=1S/C25H26N4O4S/c30-25(19-6-9-23-24(14-19)28-17-27-23)26-16-18-4-7-21(8-5-18)34(31,32)22-3-1-2-20(15-22)29-10-12-33-13-11-29/h1-9,14-15,27-28H,10-13,16-17H2,(H,26,30). The minimum atomic E-state index is -3.66. The van der Waals surface area contributed by atoms with Gasteiger partial charge in [-0.2, -0.15) is 0 Å². The molecule has 3 aromatic carbocycles. The summed E-state index contributed by atoms with van der Waals surface area (Å²) in [6, 6.07) is 19.1. The molecule has 2 aliphatic rings. The molecule has 9 heteroatoms. The van der Waals surface area contributed by atoms with Gasteiger partial charge in [-0.3, -0.25) is 4.79 Å². The van der Waals surface area contributed by atoms with Crippen LogP contribution in [-0.4, -0.2) is 47.3 Å². The molecule has 34 heavy (non-hydrogen) atoms. The summed E-state index contributed by atoms with van der Waals surface area (Å²) in [7, 11) is -3.66. The van der Waals surface area contributed by atoms with E-state index in [2.05, 4.69) is 20.9 Å². The van der Waals surface area contributed by atoms with Crippen molar-refractivity contribution in [3.05, 3.63) is 77.9 Å². The van der Waals surface area contributed by atoms with E-state index < -0.39 is 9.84 Å². The largest absolute Gasteiger partial charge is 0.378 e. The van der Waals surface area contributed by atoms with Crippen molar-refractivity contribution in [2.24, 2.45) is 0 Å². The Morgan fingerprint density at radius 3 is 2.47 bits per heavy atom. The summed E-state index contributed by atoms with van der Waals surface area (Å²) >= 11 is 0. The van der Waals surface area contributed by atoms with Gasteiger partial charge in [0, 0.05) is 30.9 Å². The van der Waals surface area contributed by atoms with Gasteiger partial charge < -0.3 is 25.6 Å². The van der Waals surface area contributed by atoms with Gasteiger partial charge in [-0.15, -0.1) is 0 Å². The van der Waals surface area contributed by atoms with Gasteiger partial charge in [-0.05, 0) is 54.1 Å². The third-order valence-electron chi connectivity index (χ3n) is 6.03. The molecule has 3 aromatic rings. The van der Waals surface area contributed by atoms with Crippen molar-refractivity contribution in [1.29, 1.82) is 0 Å². The first kappa shape index (κ1) is 22.2. The highest BCUT2D eigenvalue weighted by Crippen LogP contribution is 2.27. The molecule has 0 aromatic heterocycles. The second-order valence-electron chi connectivity index (χ2n) is 8.22. The molecule has 176 valence electrons. The minimum absolute atomic E-state index is 0.187. The molecule has 0 radical (unpaired) electrons. The number of nitrogens with one attached hydrogen (secondary N) is 3. The Hall–Kier alpha value is -3.56. The molecule has 1 amide bonds. The number of fused-ring (bicyclic) bond motifs is 1. The molecular formula is C25H26N4O4S. The molecule has 0 saturated carbocycles. The molecular weight excluding hydrogens is 452 g/mol. The van der Waals surface area contributed by atoms with E-state index in [1.165, 1.54) is 0 Å². The molecule has 0 spiro atoms. The minimum Gasteiger partial charge on any atom is -0.378 e. The maximum absolute atomic E-state index is 13.2. The normalized spacial score (nSPS) is 15.2. The summed E-state index contributed by atoms with van der Waals surface area (Å²) in [5.74, 6) is -0.187. The predicted molar refractivity (Wildman–Crippen MR) is 131 cm³/mol. The van der Waals surface area contributed by atoms with Crippen LogP contribution in [0.4, 0.5) is 17.1 Å². The zero-order valence-electron chi connectivity index (χ0n) is 18.6. The number of hydrogen-bond acceptors (Lipinski definition) is 7. The van der Waals surface area contributed by atoms with Crippen LogP contribution in [0.5, 0.6) is 0 Å². The van der Waals surface area contributed by atoms with Crippen molar-refractivity contribution in [2.75, 3.05) is 48.5 Å². The van der Waals surface area contributed by atoms with E-state index in [9.17, 15) is 13.2 Å². The van der Waals surface area contributed by atoms with E-state index in [-0.39, 0.29) is 15.7 Å². The Morgan fingerprint density at radius 2 is 1.68 bits per heavy atom. The van der Waals surface area contributed by atoms with Crippen LogP contribution in [-0.2, 0) is 21.1 Å². The monoisotopic (exact) mass is 478 g/mol. The fraction of sp³-hybridized carbons (Fsp3) is 0.240. The zero-order chi connectivity index (χ0) is 23.5. The lowest BCUT2D eigenvalue weighted by Gasteiger charge is -2.29. The number of nitrogens with zero attached hydrogens (tertiary/aromatic N) is 1. The molecule has 2 heterocycles. The van der Waals surface area contributed by atoms with Crippen molar-refractivity contribution in [1.82, 2.24) is 5.32 Å². The number of carbonyl (C=O) groups is 1. The smallest absolute Gasteiger partial charge is 0.251 e. The average Bonchev–Trinajstić information content (AvgIpc) is 3.36. The van der Waals surface area contributed by atoms with Crippen LogP contribution in [0.2, 0.25) is 0 Å². The Bertz CT molecular complexity index is 1300. The molecule has 0 aliphatic carbocycles. The van der Waals surface area contributed by atoms with Crippen molar-refractivity contribution in [3.63, 3.8) is 0 Å². The molecule has 1 saturated heterocycles. The third-order valence-corrected chi connectivity index (χ3v) is 7.80. The van der Waals surface area contributed by atoms with Gasteiger partial charge in [0.15, 0.2) is 0 Å². The van der Waals surface area contributed by atoms with Gasteiger partial charge in [0.25, 0.3) is 5.91 Å². The van der Waals surface area contributed by atoms with E-state index in [0.717, 1.165) is 35.7 Å². The second kappa shape index (κ2) is 9.36. The number of hydrogen-bond donors (Lipinski definition) is 3. The van der Waals surface area contributed by atoms with Crippen LogP contribution in [0.1, 0.15) is 15.9 Å². The second-order valence-corrected chi connectivity index (χ2v) is 10.2. The van der Waals surface area contributed by atoms with Gasteiger partial charge in [0.2, 0.25) is 9.84 Å². The fourth-order valence-electron chi connectivity index (χ4n) is 4.10. The Kier molecular flexibility index (Phi) is 6.12. The van der Waals surface area contributed by atoms with E-state index >= 15 is 0 Å². The number of carbonyl (C=O) groups excluding carboxylic acids is 1. The van der Waals surface area contributed by atoms with Crippen molar-refractivity contribution in [3.8, 4) is 0 Å². The quantitative estimate of drug-likeness (QED) is 0.501. The van der Waals surface area contributed by atoms with E-state index in [4.69, 9.17) is 4.74 Å². The lowest BCUT2D eigenvalue weighted by molar-refractivity contribution is 0.0951. The summed E-state index contributed by atoms with van der Waals surface area (Å²) in [5, 5.41) is 9.23. The summed E-state index contributed by atoms with van der Waals surface area (Å²) in [4.78, 5) is 15.1. The fourth-order valence-corrected chi connectivity index (χ4v) is 5.40. The first-order valence-corrected chi connectivity index (χ1v) is 12.7. The molecule has 3 N–H and O–H groups in total. The number of amides is 1. The molecule has 8 nitrogen and oxygen atoms in total. The highest BCUT2D eigenvalue weighted by Gasteiger charge is 2.20. The van der Waals surface area contributed by atoms with E-state index in [0.29, 0.717) is 32.0 Å². The highest BCUT2D eigenvalue weighted by molar-refractivity contribution is 7.91. The van der Waals surface area contributed by atoms with Gasteiger partial charge in [0.1, 0.15) is 0 Å². The number of benzene rings is 3. The van der Waals surface area contributed by atoms with Crippen LogP contribution < -0.4 is 20.9 Å². The highest BCUT2D eigenvalue weighted by atomic mass is 32.2. The average molecular weight is 479 g/mol. The zero-order valence-corrected chi connectivity index (χ0v) is 19.4. The van der Waals surface area contributed by atoms with E-state index in [1.807, 2.05) is 18.2 Å². The number of morpholine rings is 1. The van der Waals surface area contributed by atoms with Crippen LogP contribution in [0.25, 0.3) is 0 Å². The van der Waals surface area contributed by atoms with Gasteiger partial charge >= 0.3 is 0 Å². The third kappa shape index (κ3) is 4.57. The van der Waals surface area contributed by atoms with Crippen LogP contribution in [0.3, 0.4) is 0 Å². The Labute approximate surface area is 198 Å². The van der Waals surface area contributed by atoms with Gasteiger partial charge in [-0.1, -0.05) is 18.2 Å². The topological polar surface area (TPSA) is 99.8 Å². The van der Waals surface area contributed by atoms with Crippen LogP contribution in [0, 0.1) is 0 Å². The number of sulfone groups is 1. The number of rotatable bonds is 6. The summed E-state index contributed by atoms with van der Waals surface area (Å²) < 4.78 is 31.8. The van der Waals surface area contributed by atoms with Gasteiger partial charge in [-0.25, -0.2) is 8.42 Å². The molecule has 0 unspecified atom stereocenters. The lowest BCUT2D eigenvalue weighted by atomic mass is 10.1. The maximum atomic E-state index is 13.2. The molecule has 5 rings (SSSR count). The summed E-state index contributed by atoms with van der Waals surface area (Å²) in [5.41, 5.74) is 4.13. The summed E-state index contributed by atoms with van der Waals surface area (Å²) in [6.07, 6.45) is 0. The Morgan fingerprint density at radius 1 is 0.912 bits per heavy atom. The number of ether oxygens (including phenoxy) is 1. The van der Waals surface area contributed by atoms with Crippen molar-refractivity contribution in [2.45, 2.75) is 16.3 Å². The number of anilines is 3. The predicted octanol–water partition coefficient (Wildman–Crippen LogP) is 3.08. The molecule has 1 fully saturated rings. The van der Waals surface area contributed by atoms with Gasteiger partial charge in [0.05, 0.1) is 41.0 Å². The van der Waals surface area contributed by atoms with Crippen LogP contribution >= 0.6 is 0 Å². The summed E-state index contributed by atoms with van der Waals surface area (Å²) in [6.45, 7) is 3.69. The van der Waals surface area contributed by atoms with Crippen molar-refractivity contribution < 1.29 is 17.9 Å². The lowest BCUT2D eigenvalue weighted by Crippen LogP contribution is -2.36. The first-order chi connectivity index (χ1) is 16.5. The Balaban J connectivity index is 1.26. The van der Waals surface area contributed by atoms with Crippen LogP contribution in [0.15, 0.2) is 76.5 Å². The first-order valence-electron chi connectivity index (χ1n) is 11.2. The molecule has 0 bridgehead atoms. The SMILES string of the molecule is O=C(NCc1ccc(S(=O)(=O)c2cccc(N3CCOCC3)c2)cc1)c1ccc2c(c1)NCN2. The molecule has 2 aliphatic heterocycles.